The summed E-state index contributed by atoms with van der Waals surface area (Å²) in [5, 5.41) is 8.80. The molecule has 3 nitrogen and oxygen atoms in total. The molecule has 0 aliphatic carbocycles. The Labute approximate surface area is 118 Å². The first kappa shape index (κ1) is 14.3. The minimum atomic E-state index is -1.21. The van der Waals surface area contributed by atoms with Crippen molar-refractivity contribution in [2.24, 2.45) is 0 Å². The second-order valence-corrected chi connectivity index (χ2v) is 4.38. The van der Waals surface area contributed by atoms with Crippen LogP contribution < -0.4 is 4.74 Å². The lowest BCUT2D eigenvalue weighted by atomic mass is 10.1. The zero-order chi connectivity index (χ0) is 14.7. The molecule has 0 unspecified atom stereocenters. The molecule has 0 atom stereocenters. The van der Waals surface area contributed by atoms with Crippen LogP contribution in [0.15, 0.2) is 36.4 Å². The first-order chi connectivity index (χ1) is 9.47. The van der Waals surface area contributed by atoms with E-state index in [9.17, 15) is 13.6 Å². The van der Waals surface area contributed by atoms with Crippen molar-refractivity contribution >= 4 is 17.6 Å². The van der Waals surface area contributed by atoms with Gasteiger partial charge in [0.15, 0.2) is 0 Å². The average Bonchev–Trinajstić information content (AvgIpc) is 2.38. The Morgan fingerprint density at radius 2 is 1.95 bits per heavy atom. The van der Waals surface area contributed by atoms with E-state index in [0.717, 1.165) is 12.1 Å². The van der Waals surface area contributed by atoms with E-state index < -0.39 is 17.6 Å². The Bertz CT molecular complexity index is 659. The zero-order valence-corrected chi connectivity index (χ0v) is 10.8. The molecule has 0 amide bonds. The Balaban J connectivity index is 2.13. The number of carboxylic acids is 1. The average molecular weight is 299 g/mol. The Morgan fingerprint density at radius 3 is 2.55 bits per heavy atom. The van der Waals surface area contributed by atoms with Crippen LogP contribution in [0.25, 0.3) is 0 Å². The smallest absolute Gasteiger partial charge is 0.335 e. The lowest BCUT2D eigenvalue weighted by Crippen LogP contribution is -2.02. The maximum Gasteiger partial charge on any atom is 0.335 e. The summed E-state index contributed by atoms with van der Waals surface area (Å²) in [6.07, 6.45) is 0. The topological polar surface area (TPSA) is 46.5 Å². The van der Waals surface area contributed by atoms with Gasteiger partial charge in [-0.15, -0.1) is 0 Å². The summed E-state index contributed by atoms with van der Waals surface area (Å²) in [6, 6.07) is 7.09. The van der Waals surface area contributed by atoms with Crippen molar-refractivity contribution in [3.05, 3.63) is 64.2 Å². The third kappa shape index (κ3) is 3.24. The monoisotopic (exact) mass is 298 g/mol. The van der Waals surface area contributed by atoms with Crippen molar-refractivity contribution in [2.45, 2.75) is 6.61 Å². The van der Waals surface area contributed by atoms with E-state index in [1.807, 2.05) is 0 Å². The van der Waals surface area contributed by atoms with Gasteiger partial charge in [-0.2, -0.15) is 0 Å². The molecule has 2 aromatic rings. The number of aromatic carboxylic acids is 1. The molecule has 0 radical (unpaired) electrons. The van der Waals surface area contributed by atoms with Gasteiger partial charge in [0.05, 0.1) is 10.6 Å². The molecule has 0 saturated heterocycles. The molecule has 20 heavy (non-hydrogen) atoms. The summed E-state index contributed by atoms with van der Waals surface area (Å²) >= 11 is 5.77. The fourth-order valence-electron chi connectivity index (χ4n) is 1.55. The minimum absolute atomic E-state index is 0.0764. The van der Waals surface area contributed by atoms with Crippen LogP contribution in [0.3, 0.4) is 0 Å². The van der Waals surface area contributed by atoms with Gasteiger partial charge in [0.1, 0.15) is 24.0 Å². The third-order valence-corrected chi connectivity index (χ3v) is 2.87. The number of hydrogen-bond donors (Lipinski definition) is 1. The van der Waals surface area contributed by atoms with Crippen LogP contribution in [0, 0.1) is 11.6 Å². The first-order valence-corrected chi connectivity index (χ1v) is 5.95. The minimum Gasteiger partial charge on any atom is -0.487 e. The summed E-state index contributed by atoms with van der Waals surface area (Å²) < 4.78 is 31.8. The molecular formula is C14H9ClF2O3. The van der Waals surface area contributed by atoms with Crippen molar-refractivity contribution in [3.8, 4) is 5.75 Å². The van der Waals surface area contributed by atoms with Crippen molar-refractivity contribution < 1.29 is 23.4 Å². The lowest BCUT2D eigenvalue weighted by Gasteiger charge is -2.09. The van der Waals surface area contributed by atoms with E-state index in [0.29, 0.717) is 0 Å². The van der Waals surface area contributed by atoms with Gasteiger partial charge in [-0.05, 0) is 30.3 Å². The molecule has 0 spiro atoms. The molecule has 2 rings (SSSR count). The van der Waals surface area contributed by atoms with Gasteiger partial charge in [0.25, 0.3) is 0 Å². The van der Waals surface area contributed by atoms with Gasteiger partial charge in [-0.25, -0.2) is 13.6 Å². The number of carbonyl (C=O) groups is 1. The van der Waals surface area contributed by atoms with Gasteiger partial charge in [0, 0.05) is 5.56 Å². The number of carboxylic acid groups (broad SMARTS) is 1. The lowest BCUT2D eigenvalue weighted by molar-refractivity contribution is 0.0696. The molecule has 1 N–H and O–H groups in total. The molecule has 0 aliphatic rings. The van der Waals surface area contributed by atoms with Gasteiger partial charge in [-0.3, -0.25) is 0 Å². The summed E-state index contributed by atoms with van der Waals surface area (Å²) in [5.41, 5.74) is 0.0291. The van der Waals surface area contributed by atoms with Gasteiger partial charge >= 0.3 is 5.97 Å². The van der Waals surface area contributed by atoms with Crippen molar-refractivity contribution in [1.82, 2.24) is 0 Å². The summed E-state index contributed by atoms with van der Waals surface area (Å²) in [4.78, 5) is 10.7. The van der Waals surface area contributed by atoms with Crippen LogP contribution in [0.4, 0.5) is 8.78 Å². The molecule has 0 aliphatic heterocycles. The molecule has 0 fully saturated rings. The number of rotatable bonds is 4. The maximum absolute atomic E-state index is 13.6. The van der Waals surface area contributed by atoms with Crippen LogP contribution in [0.2, 0.25) is 5.02 Å². The Hall–Kier alpha value is -2.14. The predicted octanol–water partition coefficient (Wildman–Crippen LogP) is 3.90. The van der Waals surface area contributed by atoms with E-state index in [-0.39, 0.29) is 28.5 Å². The number of benzene rings is 2. The SMILES string of the molecule is O=C(O)c1ccc(COc2ccc(F)cc2Cl)c(F)c1. The summed E-state index contributed by atoms with van der Waals surface area (Å²) in [5.74, 6) is -2.18. The van der Waals surface area contributed by atoms with Crippen molar-refractivity contribution in [1.29, 1.82) is 0 Å². The predicted molar refractivity (Wildman–Crippen MR) is 69.1 cm³/mol. The Kier molecular flexibility index (Phi) is 4.20. The quantitative estimate of drug-likeness (QED) is 0.931. The summed E-state index contributed by atoms with van der Waals surface area (Å²) in [6.45, 7) is -0.142. The van der Waals surface area contributed by atoms with Crippen LogP contribution >= 0.6 is 11.6 Å². The normalized spacial score (nSPS) is 10.3. The molecule has 0 saturated carbocycles. The molecule has 6 heteroatoms. The third-order valence-electron chi connectivity index (χ3n) is 2.58. The van der Waals surface area contributed by atoms with E-state index in [1.165, 1.54) is 24.3 Å². The zero-order valence-electron chi connectivity index (χ0n) is 10.1. The summed E-state index contributed by atoms with van der Waals surface area (Å²) in [7, 11) is 0. The highest BCUT2D eigenvalue weighted by atomic mass is 35.5. The maximum atomic E-state index is 13.6. The van der Waals surface area contributed by atoms with Crippen molar-refractivity contribution in [3.63, 3.8) is 0 Å². The fraction of sp³-hybridized carbons (Fsp3) is 0.0714. The number of hydrogen-bond acceptors (Lipinski definition) is 2. The van der Waals surface area contributed by atoms with Crippen LogP contribution in [0.5, 0.6) is 5.75 Å². The molecule has 0 aromatic heterocycles. The number of halogens is 3. The fourth-order valence-corrected chi connectivity index (χ4v) is 1.77. The highest BCUT2D eigenvalue weighted by Crippen LogP contribution is 2.26. The van der Waals surface area contributed by atoms with Crippen LogP contribution in [-0.2, 0) is 6.61 Å². The number of ether oxygens (including phenoxy) is 1. The van der Waals surface area contributed by atoms with Gasteiger partial charge in [0.2, 0.25) is 0 Å². The molecule has 104 valence electrons. The highest BCUT2D eigenvalue weighted by molar-refractivity contribution is 6.32. The van der Waals surface area contributed by atoms with Crippen LogP contribution in [0.1, 0.15) is 15.9 Å². The van der Waals surface area contributed by atoms with E-state index in [4.69, 9.17) is 21.4 Å². The van der Waals surface area contributed by atoms with Gasteiger partial charge in [-0.1, -0.05) is 17.7 Å². The first-order valence-electron chi connectivity index (χ1n) is 5.57. The largest absolute Gasteiger partial charge is 0.487 e. The second kappa shape index (κ2) is 5.88. The standard InChI is InChI=1S/C14H9ClF2O3/c15-11-6-10(16)3-4-13(11)20-7-9-2-1-8(14(18)19)5-12(9)17/h1-6H,7H2,(H,18,19). The van der Waals surface area contributed by atoms with Crippen molar-refractivity contribution in [2.75, 3.05) is 0 Å². The molecule has 0 heterocycles. The van der Waals surface area contributed by atoms with E-state index in [2.05, 4.69) is 0 Å². The molecule has 0 bridgehead atoms. The van der Waals surface area contributed by atoms with E-state index in [1.54, 1.807) is 0 Å². The Morgan fingerprint density at radius 1 is 1.20 bits per heavy atom. The highest BCUT2D eigenvalue weighted by Gasteiger charge is 2.10. The van der Waals surface area contributed by atoms with Gasteiger partial charge < -0.3 is 9.84 Å². The van der Waals surface area contributed by atoms with Crippen LogP contribution in [-0.4, -0.2) is 11.1 Å². The molecular weight excluding hydrogens is 290 g/mol. The molecule has 2 aromatic carbocycles. The second-order valence-electron chi connectivity index (χ2n) is 3.97. The van der Waals surface area contributed by atoms with E-state index >= 15 is 0 Å².